The van der Waals surface area contributed by atoms with Gasteiger partial charge in [-0.05, 0) is 19.9 Å². The summed E-state index contributed by atoms with van der Waals surface area (Å²) >= 11 is 2.41. The molecule has 0 aliphatic carbocycles. The molecule has 24 heavy (non-hydrogen) atoms. The molecule has 0 N–H and O–H groups in total. The zero-order chi connectivity index (χ0) is 17.1. The molecule has 3 aromatic heterocycles. The van der Waals surface area contributed by atoms with E-state index in [0.717, 1.165) is 17.5 Å². The molecular weight excluding hydrogens is 348 g/mol. The lowest BCUT2D eigenvalue weighted by Crippen LogP contribution is -2.13. The highest BCUT2D eigenvalue weighted by atomic mass is 32.2. The molecular formula is C15H12N4O3S2. The fourth-order valence-electron chi connectivity index (χ4n) is 1.97. The van der Waals surface area contributed by atoms with E-state index in [1.807, 2.05) is 18.4 Å². The molecule has 0 radical (unpaired) electrons. The van der Waals surface area contributed by atoms with Crippen molar-refractivity contribution in [1.29, 1.82) is 5.26 Å². The molecule has 0 saturated carbocycles. The van der Waals surface area contributed by atoms with E-state index in [-0.39, 0.29) is 16.8 Å². The highest BCUT2D eigenvalue weighted by Crippen LogP contribution is 2.28. The molecule has 0 amide bonds. The van der Waals surface area contributed by atoms with Crippen LogP contribution in [0.15, 0.2) is 31.8 Å². The number of nitrogens with zero attached hydrogens (tertiary/aromatic N) is 4. The second-order valence-corrected chi connectivity index (χ2v) is 6.72. The van der Waals surface area contributed by atoms with E-state index in [0.29, 0.717) is 22.2 Å². The maximum atomic E-state index is 12.3. The summed E-state index contributed by atoms with van der Waals surface area (Å²) in [4.78, 5) is 16.5. The molecule has 122 valence electrons. The van der Waals surface area contributed by atoms with Crippen molar-refractivity contribution in [3.63, 3.8) is 0 Å². The highest BCUT2D eigenvalue weighted by molar-refractivity contribution is 7.99. The van der Waals surface area contributed by atoms with E-state index in [1.165, 1.54) is 11.3 Å². The van der Waals surface area contributed by atoms with Gasteiger partial charge >= 0.3 is 0 Å². The SMILES string of the molecule is Cc1csc([C@@H](C#N)C(=O)CSc2nnc(-c3ccoc3C)o2)n1. The zero-order valence-corrected chi connectivity index (χ0v) is 14.5. The van der Waals surface area contributed by atoms with E-state index >= 15 is 0 Å². The van der Waals surface area contributed by atoms with Crippen LogP contribution in [0.3, 0.4) is 0 Å². The number of hydrogen-bond acceptors (Lipinski definition) is 9. The molecule has 7 nitrogen and oxygen atoms in total. The van der Waals surface area contributed by atoms with Gasteiger partial charge in [0.05, 0.1) is 23.6 Å². The van der Waals surface area contributed by atoms with Gasteiger partial charge in [0.1, 0.15) is 10.8 Å². The number of ketones is 1. The predicted molar refractivity (Wildman–Crippen MR) is 87.7 cm³/mol. The molecule has 9 heteroatoms. The van der Waals surface area contributed by atoms with Gasteiger partial charge in [0.15, 0.2) is 11.7 Å². The molecule has 0 unspecified atom stereocenters. The first-order valence-electron chi connectivity index (χ1n) is 6.93. The van der Waals surface area contributed by atoms with Gasteiger partial charge < -0.3 is 8.83 Å². The van der Waals surface area contributed by atoms with Gasteiger partial charge in [-0.2, -0.15) is 5.26 Å². The lowest BCUT2D eigenvalue weighted by molar-refractivity contribution is -0.116. The molecule has 0 aliphatic rings. The largest absolute Gasteiger partial charge is 0.469 e. The number of thioether (sulfide) groups is 1. The van der Waals surface area contributed by atoms with Gasteiger partial charge in [0.2, 0.25) is 0 Å². The number of hydrogen-bond donors (Lipinski definition) is 0. The average Bonchev–Trinajstić information content (AvgIpc) is 3.27. The number of thiazole rings is 1. The Balaban J connectivity index is 1.65. The molecule has 0 spiro atoms. The van der Waals surface area contributed by atoms with Crippen LogP contribution in [-0.2, 0) is 4.79 Å². The highest BCUT2D eigenvalue weighted by Gasteiger charge is 2.24. The number of aryl methyl sites for hydroxylation is 2. The monoisotopic (exact) mass is 360 g/mol. The number of rotatable bonds is 6. The van der Waals surface area contributed by atoms with E-state index in [4.69, 9.17) is 8.83 Å². The standard InChI is InChI=1S/C15H12N4O3S2/c1-8-6-23-14(17-8)11(5-16)12(20)7-24-15-19-18-13(22-15)10-3-4-21-9(10)2/h3-4,6,11H,7H2,1-2H3/t11-/m0/s1. The first kappa shape index (κ1) is 16.4. The summed E-state index contributed by atoms with van der Waals surface area (Å²) in [6.07, 6.45) is 1.54. The maximum absolute atomic E-state index is 12.3. The van der Waals surface area contributed by atoms with Crippen LogP contribution in [0.25, 0.3) is 11.5 Å². The fraction of sp³-hybridized carbons (Fsp3) is 0.267. The summed E-state index contributed by atoms with van der Waals surface area (Å²) in [5.74, 6) is -0.0348. The summed E-state index contributed by atoms with van der Waals surface area (Å²) in [7, 11) is 0. The molecule has 1 atom stereocenters. The summed E-state index contributed by atoms with van der Waals surface area (Å²) in [6, 6.07) is 3.74. The molecule has 0 aromatic carbocycles. The van der Waals surface area contributed by atoms with Gasteiger partial charge in [0.25, 0.3) is 11.1 Å². The average molecular weight is 360 g/mol. The van der Waals surface area contributed by atoms with Crippen LogP contribution in [-0.4, -0.2) is 26.7 Å². The Hall–Kier alpha value is -2.44. The van der Waals surface area contributed by atoms with Crippen molar-refractivity contribution in [3.8, 4) is 17.5 Å². The lowest BCUT2D eigenvalue weighted by atomic mass is 10.1. The van der Waals surface area contributed by atoms with Crippen LogP contribution in [0, 0.1) is 25.2 Å². The Morgan fingerprint density at radius 1 is 1.46 bits per heavy atom. The number of furan rings is 1. The second kappa shape index (κ2) is 6.98. The Bertz CT molecular complexity index is 906. The molecule has 0 bridgehead atoms. The van der Waals surface area contributed by atoms with Crippen molar-refractivity contribution in [2.24, 2.45) is 0 Å². The Kier molecular flexibility index (Phi) is 4.78. The summed E-state index contributed by atoms with van der Waals surface area (Å²) in [5, 5.41) is 19.7. The summed E-state index contributed by atoms with van der Waals surface area (Å²) in [5.41, 5.74) is 1.52. The quantitative estimate of drug-likeness (QED) is 0.616. The predicted octanol–water partition coefficient (Wildman–Crippen LogP) is 3.37. The van der Waals surface area contributed by atoms with Gasteiger partial charge in [-0.25, -0.2) is 4.98 Å². The summed E-state index contributed by atoms with van der Waals surface area (Å²) in [6.45, 7) is 3.62. The summed E-state index contributed by atoms with van der Waals surface area (Å²) < 4.78 is 10.7. The normalized spacial score (nSPS) is 12.0. The minimum atomic E-state index is -0.866. The lowest BCUT2D eigenvalue weighted by Gasteiger charge is -2.02. The third kappa shape index (κ3) is 3.39. The third-order valence-corrected chi connectivity index (χ3v) is 5.04. The molecule has 3 rings (SSSR count). The number of carbonyl (C=O) groups excluding carboxylic acids is 1. The van der Waals surface area contributed by atoms with E-state index in [9.17, 15) is 10.1 Å². The van der Waals surface area contributed by atoms with Crippen LogP contribution in [0.1, 0.15) is 22.4 Å². The number of aromatic nitrogens is 3. The van der Waals surface area contributed by atoms with Crippen LogP contribution >= 0.6 is 23.1 Å². The molecule has 0 saturated heterocycles. The molecule has 0 fully saturated rings. The van der Waals surface area contributed by atoms with Crippen molar-refractivity contribution in [3.05, 3.63) is 34.2 Å². The van der Waals surface area contributed by atoms with Crippen molar-refractivity contribution in [2.75, 3.05) is 5.75 Å². The smallest absolute Gasteiger partial charge is 0.277 e. The molecule has 0 aliphatic heterocycles. The Morgan fingerprint density at radius 3 is 2.92 bits per heavy atom. The first-order valence-corrected chi connectivity index (χ1v) is 8.80. The topological polar surface area (TPSA) is 106 Å². The Morgan fingerprint density at radius 2 is 2.29 bits per heavy atom. The van der Waals surface area contributed by atoms with Crippen LogP contribution in [0.4, 0.5) is 0 Å². The van der Waals surface area contributed by atoms with Crippen molar-refractivity contribution < 1.29 is 13.6 Å². The number of carbonyl (C=O) groups is 1. The van der Waals surface area contributed by atoms with Crippen molar-refractivity contribution >= 4 is 28.9 Å². The van der Waals surface area contributed by atoms with Gasteiger partial charge in [-0.1, -0.05) is 11.8 Å². The van der Waals surface area contributed by atoms with Crippen LogP contribution < -0.4 is 0 Å². The van der Waals surface area contributed by atoms with E-state index in [1.54, 1.807) is 19.3 Å². The van der Waals surface area contributed by atoms with E-state index in [2.05, 4.69) is 15.2 Å². The maximum Gasteiger partial charge on any atom is 0.277 e. The molecule has 3 heterocycles. The third-order valence-electron chi connectivity index (χ3n) is 3.17. The number of nitriles is 1. The first-order chi connectivity index (χ1) is 11.6. The number of Topliss-reactive ketones (excluding diaryl/α,β-unsaturated/α-hetero) is 1. The van der Waals surface area contributed by atoms with Gasteiger partial charge in [0, 0.05) is 11.1 Å². The van der Waals surface area contributed by atoms with Gasteiger partial charge in [-0.3, -0.25) is 4.79 Å². The van der Waals surface area contributed by atoms with Crippen molar-refractivity contribution in [2.45, 2.75) is 25.0 Å². The minimum absolute atomic E-state index is 0.0584. The van der Waals surface area contributed by atoms with E-state index < -0.39 is 5.92 Å². The second-order valence-electron chi connectivity index (χ2n) is 4.91. The van der Waals surface area contributed by atoms with Crippen LogP contribution in [0.5, 0.6) is 0 Å². The fourth-order valence-corrected chi connectivity index (χ4v) is 3.50. The van der Waals surface area contributed by atoms with Crippen molar-refractivity contribution in [1.82, 2.24) is 15.2 Å². The van der Waals surface area contributed by atoms with Gasteiger partial charge in [-0.15, -0.1) is 21.5 Å². The van der Waals surface area contributed by atoms with Crippen LogP contribution in [0.2, 0.25) is 0 Å². The Labute approximate surface area is 145 Å². The zero-order valence-electron chi connectivity index (χ0n) is 12.8. The minimum Gasteiger partial charge on any atom is -0.469 e. The molecule has 3 aromatic rings.